The first-order valence-corrected chi connectivity index (χ1v) is 7.83. The summed E-state index contributed by atoms with van der Waals surface area (Å²) in [7, 11) is 0. The van der Waals surface area contributed by atoms with Crippen molar-refractivity contribution in [3.05, 3.63) is 65.0 Å². The van der Waals surface area contributed by atoms with E-state index in [1.807, 2.05) is 0 Å². The lowest BCUT2D eigenvalue weighted by molar-refractivity contribution is -0.170. The van der Waals surface area contributed by atoms with Gasteiger partial charge in [-0.25, -0.2) is 4.79 Å². The van der Waals surface area contributed by atoms with E-state index in [0.717, 1.165) is 0 Å². The van der Waals surface area contributed by atoms with E-state index in [-0.39, 0.29) is 17.8 Å². The van der Waals surface area contributed by atoms with Crippen molar-refractivity contribution in [1.82, 2.24) is 0 Å². The van der Waals surface area contributed by atoms with E-state index in [0.29, 0.717) is 21.4 Å². The van der Waals surface area contributed by atoms with Crippen LogP contribution in [0.3, 0.4) is 0 Å². The predicted molar refractivity (Wildman–Crippen MR) is 92.0 cm³/mol. The number of carbonyl (C=O) groups excluding carboxylic acids is 1. The summed E-state index contributed by atoms with van der Waals surface area (Å²) in [4.78, 5) is 24.5. The lowest BCUT2D eigenvalue weighted by Crippen LogP contribution is -2.41. The van der Waals surface area contributed by atoms with Crippen molar-refractivity contribution < 1.29 is 22.4 Å². The first kappa shape index (κ1) is 17.7. The molecule has 0 saturated heterocycles. The number of anilines is 1. The van der Waals surface area contributed by atoms with E-state index in [1.165, 1.54) is 25.1 Å². The molecule has 3 rings (SSSR count). The largest absolute Gasteiger partial charge is 0.471 e. The second-order valence-corrected chi connectivity index (χ2v) is 5.58. The van der Waals surface area contributed by atoms with Crippen LogP contribution in [0.5, 0.6) is 0 Å². The molecular weight excluding hydrogens is 347 g/mol. The molecule has 26 heavy (non-hydrogen) atoms. The van der Waals surface area contributed by atoms with Crippen molar-refractivity contribution in [3.63, 3.8) is 0 Å². The van der Waals surface area contributed by atoms with Crippen molar-refractivity contribution >= 4 is 22.6 Å². The Morgan fingerprint density at radius 2 is 1.81 bits per heavy atom. The average Bonchev–Trinajstić information content (AvgIpc) is 2.61. The smallest absolute Gasteiger partial charge is 0.422 e. The van der Waals surface area contributed by atoms with Crippen LogP contribution in [0, 0.1) is 0 Å². The molecule has 0 atom stereocenters. The molecule has 0 fully saturated rings. The quantitative estimate of drug-likeness (QED) is 0.651. The van der Waals surface area contributed by atoms with Gasteiger partial charge in [-0.2, -0.15) is 13.2 Å². The van der Waals surface area contributed by atoms with E-state index in [1.54, 1.807) is 36.4 Å². The summed E-state index contributed by atoms with van der Waals surface area (Å²) < 4.78 is 43.6. The van der Waals surface area contributed by atoms with Crippen LogP contribution in [0.25, 0.3) is 22.1 Å². The third kappa shape index (κ3) is 3.33. The Bertz CT molecular complexity index is 1020. The summed E-state index contributed by atoms with van der Waals surface area (Å²) in [5.41, 5.74) is 0.447. The molecule has 0 aliphatic carbocycles. The maximum absolute atomic E-state index is 12.8. The highest BCUT2D eigenvalue weighted by Crippen LogP contribution is 2.28. The lowest BCUT2D eigenvalue weighted by atomic mass is 10.0. The van der Waals surface area contributed by atoms with Crippen LogP contribution in [-0.2, 0) is 4.79 Å². The van der Waals surface area contributed by atoms with Crippen LogP contribution in [0.15, 0.2) is 63.8 Å². The molecule has 4 nitrogen and oxygen atoms in total. The average molecular weight is 361 g/mol. The summed E-state index contributed by atoms with van der Waals surface area (Å²) >= 11 is 0. The minimum absolute atomic E-state index is 0.0554. The SMILES string of the molecule is CCN(C(=O)C(F)(F)F)c1cccc(-c2cc3ccccc3oc2=O)c1. The zero-order valence-corrected chi connectivity index (χ0v) is 13.7. The van der Waals surface area contributed by atoms with Gasteiger partial charge < -0.3 is 9.32 Å². The fourth-order valence-electron chi connectivity index (χ4n) is 2.70. The Labute approximate surface area is 146 Å². The number of carbonyl (C=O) groups is 1. The molecule has 0 N–H and O–H groups in total. The van der Waals surface area contributed by atoms with Gasteiger partial charge in [-0.3, -0.25) is 4.79 Å². The van der Waals surface area contributed by atoms with Crippen LogP contribution >= 0.6 is 0 Å². The molecule has 1 amide bonds. The molecule has 0 unspecified atom stereocenters. The van der Waals surface area contributed by atoms with Crippen molar-refractivity contribution in [2.24, 2.45) is 0 Å². The zero-order valence-electron chi connectivity index (χ0n) is 13.7. The molecule has 0 spiro atoms. The van der Waals surface area contributed by atoms with Crippen molar-refractivity contribution in [2.45, 2.75) is 13.1 Å². The third-order valence-electron chi connectivity index (χ3n) is 3.91. The van der Waals surface area contributed by atoms with Gasteiger partial charge in [0.15, 0.2) is 0 Å². The number of halogens is 3. The molecule has 0 bridgehead atoms. The Balaban J connectivity index is 2.09. The molecule has 0 saturated carbocycles. The molecule has 2 aromatic carbocycles. The standard InChI is InChI=1S/C19H14F3NO3/c1-2-23(18(25)19(20,21)22)14-8-5-7-12(10-14)15-11-13-6-3-4-9-16(13)26-17(15)24/h3-11H,2H2,1H3. The summed E-state index contributed by atoms with van der Waals surface area (Å²) in [6, 6.07) is 14.4. The van der Waals surface area contributed by atoms with Gasteiger partial charge in [0.1, 0.15) is 5.58 Å². The minimum Gasteiger partial charge on any atom is -0.422 e. The highest BCUT2D eigenvalue weighted by molar-refractivity contribution is 5.97. The van der Waals surface area contributed by atoms with Gasteiger partial charge in [0.05, 0.1) is 5.56 Å². The first-order valence-electron chi connectivity index (χ1n) is 7.83. The Kier molecular flexibility index (Phi) is 4.54. The van der Waals surface area contributed by atoms with E-state index >= 15 is 0 Å². The van der Waals surface area contributed by atoms with E-state index < -0.39 is 17.7 Å². The number of hydrogen-bond donors (Lipinski definition) is 0. The van der Waals surface area contributed by atoms with Crippen LogP contribution < -0.4 is 10.5 Å². The molecule has 134 valence electrons. The summed E-state index contributed by atoms with van der Waals surface area (Å²) in [5.74, 6) is -1.96. The topological polar surface area (TPSA) is 50.5 Å². The number of nitrogens with zero attached hydrogens (tertiary/aromatic N) is 1. The lowest BCUT2D eigenvalue weighted by Gasteiger charge is -2.22. The summed E-state index contributed by atoms with van der Waals surface area (Å²) in [6.07, 6.45) is -4.98. The molecule has 3 aromatic rings. The van der Waals surface area contributed by atoms with Crippen molar-refractivity contribution in [1.29, 1.82) is 0 Å². The second kappa shape index (κ2) is 6.67. The second-order valence-electron chi connectivity index (χ2n) is 5.58. The van der Waals surface area contributed by atoms with E-state index in [2.05, 4.69) is 0 Å². The molecule has 7 heteroatoms. The van der Waals surface area contributed by atoms with Gasteiger partial charge in [0.25, 0.3) is 0 Å². The molecule has 1 aromatic heterocycles. The van der Waals surface area contributed by atoms with Gasteiger partial charge in [0.2, 0.25) is 0 Å². The maximum Gasteiger partial charge on any atom is 0.471 e. The predicted octanol–water partition coefficient (Wildman–Crippen LogP) is 4.38. The third-order valence-corrected chi connectivity index (χ3v) is 3.91. The maximum atomic E-state index is 12.8. The Morgan fingerprint density at radius 1 is 1.08 bits per heavy atom. The highest BCUT2D eigenvalue weighted by Gasteiger charge is 2.42. The van der Waals surface area contributed by atoms with Gasteiger partial charge in [0, 0.05) is 17.6 Å². The van der Waals surface area contributed by atoms with Gasteiger partial charge in [-0.15, -0.1) is 0 Å². The van der Waals surface area contributed by atoms with Gasteiger partial charge in [-0.1, -0.05) is 30.3 Å². The van der Waals surface area contributed by atoms with E-state index in [9.17, 15) is 22.8 Å². The van der Waals surface area contributed by atoms with Crippen LogP contribution in [0.4, 0.5) is 18.9 Å². The monoisotopic (exact) mass is 361 g/mol. The van der Waals surface area contributed by atoms with Crippen LogP contribution in [0.2, 0.25) is 0 Å². The normalized spacial score (nSPS) is 11.5. The fourth-order valence-corrected chi connectivity index (χ4v) is 2.70. The number of fused-ring (bicyclic) bond motifs is 1. The summed E-state index contributed by atoms with van der Waals surface area (Å²) in [6.45, 7) is 1.29. The van der Waals surface area contributed by atoms with Crippen LogP contribution in [-0.4, -0.2) is 18.6 Å². The van der Waals surface area contributed by atoms with E-state index in [4.69, 9.17) is 4.42 Å². The molecule has 0 aliphatic heterocycles. The van der Waals surface area contributed by atoms with Crippen molar-refractivity contribution in [2.75, 3.05) is 11.4 Å². The Hall–Kier alpha value is -3.09. The summed E-state index contributed by atoms with van der Waals surface area (Å²) in [5, 5.41) is 0.686. The number of rotatable bonds is 3. The number of alkyl halides is 3. The number of para-hydroxylation sites is 1. The number of amides is 1. The number of benzene rings is 2. The molecule has 1 heterocycles. The minimum atomic E-state index is -4.98. The molecule has 0 radical (unpaired) electrons. The number of hydrogen-bond acceptors (Lipinski definition) is 3. The highest BCUT2D eigenvalue weighted by atomic mass is 19.4. The van der Waals surface area contributed by atoms with Gasteiger partial charge in [-0.05, 0) is 36.8 Å². The molecular formula is C19H14F3NO3. The molecule has 0 aliphatic rings. The van der Waals surface area contributed by atoms with Gasteiger partial charge >= 0.3 is 17.7 Å². The fraction of sp³-hybridized carbons (Fsp3) is 0.158. The zero-order chi connectivity index (χ0) is 18.9. The van der Waals surface area contributed by atoms with Crippen molar-refractivity contribution in [3.8, 4) is 11.1 Å². The van der Waals surface area contributed by atoms with Crippen LogP contribution in [0.1, 0.15) is 6.92 Å². The first-order chi connectivity index (χ1) is 12.3. The Morgan fingerprint density at radius 3 is 2.50 bits per heavy atom.